The summed E-state index contributed by atoms with van der Waals surface area (Å²) in [5, 5.41) is 0. The van der Waals surface area contributed by atoms with Crippen molar-refractivity contribution in [1.82, 2.24) is 9.80 Å². The molecule has 0 aromatic carbocycles. The molecule has 2 unspecified atom stereocenters. The summed E-state index contributed by atoms with van der Waals surface area (Å²) >= 11 is 0. The maximum atomic E-state index is 5.91. The Morgan fingerprint density at radius 3 is 2.62 bits per heavy atom. The van der Waals surface area contributed by atoms with Crippen molar-refractivity contribution in [3.8, 4) is 0 Å². The molecule has 0 radical (unpaired) electrons. The normalized spacial score (nSPS) is 26.2. The van der Waals surface area contributed by atoms with E-state index < -0.39 is 0 Å². The summed E-state index contributed by atoms with van der Waals surface area (Å²) in [6.07, 6.45) is 3.88. The third-order valence-corrected chi connectivity index (χ3v) is 4.01. The van der Waals surface area contributed by atoms with Crippen molar-refractivity contribution in [3.05, 3.63) is 0 Å². The van der Waals surface area contributed by atoms with Crippen molar-refractivity contribution < 1.29 is 0 Å². The zero-order valence-electron chi connectivity index (χ0n) is 11.5. The predicted molar refractivity (Wildman–Crippen MR) is 70.6 cm³/mol. The molecule has 0 spiro atoms. The zero-order chi connectivity index (χ0) is 12.2. The van der Waals surface area contributed by atoms with Crippen LogP contribution in [0.4, 0.5) is 0 Å². The molecule has 0 amide bonds. The van der Waals surface area contributed by atoms with E-state index in [-0.39, 0.29) is 0 Å². The highest BCUT2D eigenvalue weighted by atomic mass is 15.2. The van der Waals surface area contributed by atoms with Gasteiger partial charge in [0.25, 0.3) is 0 Å². The van der Waals surface area contributed by atoms with E-state index in [0.717, 1.165) is 12.6 Å². The summed E-state index contributed by atoms with van der Waals surface area (Å²) in [4.78, 5) is 4.95. The summed E-state index contributed by atoms with van der Waals surface area (Å²) < 4.78 is 0. The summed E-state index contributed by atoms with van der Waals surface area (Å²) in [5.41, 5.74) is 6.21. The van der Waals surface area contributed by atoms with Crippen molar-refractivity contribution >= 4 is 0 Å². The monoisotopic (exact) mass is 227 g/mol. The highest BCUT2D eigenvalue weighted by molar-refractivity contribution is 4.86. The van der Waals surface area contributed by atoms with Crippen LogP contribution in [0.3, 0.4) is 0 Å². The fourth-order valence-corrected chi connectivity index (χ4v) is 2.54. The standard InChI is InChI=1S/C13H29N3/c1-5-13(2,10-14)11-16-8-6-7-12(16)9-15(3)4/h12H,5-11,14H2,1-4H3. The number of hydrogen-bond donors (Lipinski definition) is 1. The SMILES string of the molecule is CCC(C)(CN)CN1CCCC1CN(C)C. The average molecular weight is 227 g/mol. The predicted octanol–water partition coefficient (Wildman–Crippen LogP) is 1.39. The molecule has 0 bridgehead atoms. The fraction of sp³-hybridized carbons (Fsp3) is 1.00. The van der Waals surface area contributed by atoms with Crippen LogP contribution in [0.1, 0.15) is 33.1 Å². The molecule has 16 heavy (non-hydrogen) atoms. The molecule has 0 aromatic rings. The van der Waals surface area contributed by atoms with Gasteiger partial charge in [0.2, 0.25) is 0 Å². The number of nitrogens with two attached hydrogens (primary N) is 1. The number of nitrogens with zero attached hydrogens (tertiary/aromatic N) is 2. The number of likely N-dealkylation sites (tertiary alicyclic amines) is 1. The second kappa shape index (κ2) is 5.99. The lowest BCUT2D eigenvalue weighted by molar-refractivity contribution is 0.135. The molecule has 96 valence electrons. The first kappa shape index (κ1) is 13.9. The lowest BCUT2D eigenvalue weighted by Crippen LogP contribution is -2.45. The van der Waals surface area contributed by atoms with Gasteiger partial charge in [-0.25, -0.2) is 0 Å². The molecule has 0 aromatic heterocycles. The molecular weight excluding hydrogens is 198 g/mol. The van der Waals surface area contributed by atoms with Crippen LogP contribution < -0.4 is 5.73 Å². The molecule has 2 atom stereocenters. The van der Waals surface area contributed by atoms with E-state index in [1.807, 2.05) is 0 Å². The number of hydrogen-bond acceptors (Lipinski definition) is 3. The molecule has 2 N–H and O–H groups in total. The fourth-order valence-electron chi connectivity index (χ4n) is 2.54. The second-order valence-electron chi connectivity index (χ2n) is 5.90. The number of rotatable bonds is 6. The molecule has 0 saturated carbocycles. The number of likely N-dealkylation sites (N-methyl/N-ethyl adjacent to an activating group) is 1. The van der Waals surface area contributed by atoms with E-state index in [4.69, 9.17) is 5.73 Å². The van der Waals surface area contributed by atoms with Crippen LogP contribution in [-0.2, 0) is 0 Å². The third kappa shape index (κ3) is 3.72. The Balaban J connectivity index is 2.51. The molecule has 1 aliphatic heterocycles. The van der Waals surface area contributed by atoms with E-state index in [9.17, 15) is 0 Å². The van der Waals surface area contributed by atoms with Crippen LogP contribution >= 0.6 is 0 Å². The van der Waals surface area contributed by atoms with Gasteiger partial charge in [0.1, 0.15) is 0 Å². The van der Waals surface area contributed by atoms with Gasteiger partial charge in [0.15, 0.2) is 0 Å². The zero-order valence-corrected chi connectivity index (χ0v) is 11.5. The van der Waals surface area contributed by atoms with Crippen LogP contribution in [0, 0.1) is 5.41 Å². The van der Waals surface area contributed by atoms with E-state index in [1.54, 1.807) is 0 Å². The van der Waals surface area contributed by atoms with Crippen LogP contribution in [0.2, 0.25) is 0 Å². The highest BCUT2D eigenvalue weighted by Crippen LogP contribution is 2.26. The minimum atomic E-state index is 0.300. The summed E-state index contributed by atoms with van der Waals surface area (Å²) in [6.45, 7) is 8.98. The van der Waals surface area contributed by atoms with Gasteiger partial charge in [0, 0.05) is 19.1 Å². The van der Waals surface area contributed by atoms with Crippen molar-refractivity contribution in [3.63, 3.8) is 0 Å². The van der Waals surface area contributed by atoms with Gasteiger partial charge in [-0.05, 0) is 51.9 Å². The highest BCUT2D eigenvalue weighted by Gasteiger charge is 2.31. The van der Waals surface area contributed by atoms with E-state index in [2.05, 4.69) is 37.7 Å². The minimum absolute atomic E-state index is 0.300. The Hall–Kier alpha value is -0.120. The smallest absolute Gasteiger partial charge is 0.0223 e. The molecule has 3 nitrogen and oxygen atoms in total. The maximum Gasteiger partial charge on any atom is 0.0223 e. The first-order chi connectivity index (χ1) is 7.50. The first-order valence-corrected chi connectivity index (χ1v) is 6.59. The summed E-state index contributed by atoms with van der Waals surface area (Å²) in [5.74, 6) is 0. The Morgan fingerprint density at radius 1 is 1.44 bits per heavy atom. The van der Waals surface area contributed by atoms with E-state index in [0.29, 0.717) is 5.41 Å². The van der Waals surface area contributed by atoms with Crippen molar-refractivity contribution in [2.24, 2.45) is 11.1 Å². The van der Waals surface area contributed by atoms with Crippen molar-refractivity contribution in [1.29, 1.82) is 0 Å². The molecule has 0 aliphatic carbocycles. The van der Waals surface area contributed by atoms with Crippen molar-refractivity contribution in [2.45, 2.75) is 39.2 Å². The molecule has 1 rings (SSSR count). The first-order valence-electron chi connectivity index (χ1n) is 6.59. The van der Waals surface area contributed by atoms with Gasteiger partial charge >= 0.3 is 0 Å². The molecule has 1 fully saturated rings. The van der Waals surface area contributed by atoms with Crippen LogP contribution in [0.5, 0.6) is 0 Å². The van der Waals surface area contributed by atoms with Crippen molar-refractivity contribution in [2.75, 3.05) is 40.3 Å². The minimum Gasteiger partial charge on any atom is -0.330 e. The molecular formula is C13H29N3. The lowest BCUT2D eigenvalue weighted by atomic mass is 9.87. The quantitative estimate of drug-likeness (QED) is 0.744. The molecule has 3 heteroatoms. The van der Waals surface area contributed by atoms with Gasteiger partial charge < -0.3 is 10.6 Å². The largest absolute Gasteiger partial charge is 0.330 e. The average Bonchev–Trinajstić information content (AvgIpc) is 2.64. The van der Waals surface area contributed by atoms with Crippen LogP contribution in [-0.4, -0.2) is 56.1 Å². The van der Waals surface area contributed by atoms with Crippen LogP contribution in [0.15, 0.2) is 0 Å². The van der Waals surface area contributed by atoms with Gasteiger partial charge in [-0.1, -0.05) is 13.8 Å². The summed E-state index contributed by atoms with van der Waals surface area (Å²) in [7, 11) is 4.33. The van der Waals surface area contributed by atoms with Crippen LogP contribution in [0.25, 0.3) is 0 Å². The Kier molecular flexibility index (Phi) is 5.22. The molecule has 1 aliphatic rings. The van der Waals surface area contributed by atoms with Gasteiger partial charge in [0.05, 0.1) is 0 Å². The van der Waals surface area contributed by atoms with E-state index >= 15 is 0 Å². The van der Waals surface area contributed by atoms with E-state index in [1.165, 1.54) is 38.9 Å². The maximum absolute atomic E-state index is 5.91. The third-order valence-electron chi connectivity index (χ3n) is 4.01. The van der Waals surface area contributed by atoms with Gasteiger partial charge in [-0.15, -0.1) is 0 Å². The van der Waals surface area contributed by atoms with Gasteiger partial charge in [-0.3, -0.25) is 4.90 Å². The second-order valence-corrected chi connectivity index (χ2v) is 5.90. The molecule has 1 saturated heterocycles. The van der Waals surface area contributed by atoms with Gasteiger partial charge in [-0.2, -0.15) is 0 Å². The lowest BCUT2D eigenvalue weighted by Gasteiger charge is -2.35. The Labute approximate surface area is 101 Å². The Bertz CT molecular complexity index is 199. The topological polar surface area (TPSA) is 32.5 Å². The summed E-state index contributed by atoms with van der Waals surface area (Å²) in [6, 6.07) is 0.743. The Morgan fingerprint density at radius 2 is 2.12 bits per heavy atom. The molecule has 1 heterocycles.